The fraction of sp³-hybridized carbons (Fsp3) is 0.714. The molecule has 1 aliphatic carbocycles. The number of nitrogens with one attached hydrogen (secondary N) is 1. The third-order valence-corrected chi connectivity index (χ3v) is 4.02. The van der Waals surface area contributed by atoms with E-state index in [-0.39, 0.29) is 5.91 Å². The molecule has 0 spiro atoms. The summed E-state index contributed by atoms with van der Waals surface area (Å²) in [4.78, 5) is 14.5. The number of rotatable bonds is 5. The molecule has 2 fully saturated rings. The minimum absolute atomic E-state index is 0.219. The molecule has 5 nitrogen and oxygen atoms in total. The van der Waals surface area contributed by atoms with Gasteiger partial charge in [0.2, 0.25) is 5.91 Å². The van der Waals surface area contributed by atoms with E-state index in [0.717, 1.165) is 19.6 Å². The largest absolute Gasteiger partial charge is 0.338 e. The fourth-order valence-corrected chi connectivity index (χ4v) is 2.82. The van der Waals surface area contributed by atoms with Crippen molar-refractivity contribution < 1.29 is 4.79 Å². The number of hydrogen-bond acceptors (Lipinski definition) is 3. The standard InChI is InChI=1S/C14H22N4O/c19-14(11-17-8-2-7-16-17)18(13-4-5-13)10-12-3-1-6-15-9-12/h2,7-8,12-13,15H,1,3-6,9-11H2. The van der Waals surface area contributed by atoms with Crippen LogP contribution in [0.2, 0.25) is 0 Å². The predicted octanol–water partition coefficient (Wildman–Crippen LogP) is 0.874. The highest BCUT2D eigenvalue weighted by Crippen LogP contribution is 2.28. The van der Waals surface area contributed by atoms with Crippen LogP contribution in [0.5, 0.6) is 0 Å². The molecule has 3 rings (SSSR count). The molecular formula is C14H22N4O. The zero-order valence-corrected chi connectivity index (χ0v) is 11.3. The molecule has 1 amide bonds. The van der Waals surface area contributed by atoms with Crippen molar-refractivity contribution >= 4 is 5.91 Å². The Hall–Kier alpha value is -1.36. The van der Waals surface area contributed by atoms with Gasteiger partial charge in [0.25, 0.3) is 0 Å². The highest BCUT2D eigenvalue weighted by molar-refractivity contribution is 5.76. The van der Waals surface area contributed by atoms with E-state index < -0.39 is 0 Å². The number of carbonyl (C=O) groups is 1. The van der Waals surface area contributed by atoms with Gasteiger partial charge < -0.3 is 10.2 Å². The van der Waals surface area contributed by atoms with E-state index in [0.29, 0.717) is 18.5 Å². The van der Waals surface area contributed by atoms with E-state index in [2.05, 4.69) is 15.3 Å². The lowest BCUT2D eigenvalue weighted by molar-refractivity contribution is -0.133. The van der Waals surface area contributed by atoms with Gasteiger partial charge in [-0.05, 0) is 50.8 Å². The van der Waals surface area contributed by atoms with Crippen LogP contribution in [0, 0.1) is 5.92 Å². The second-order valence-electron chi connectivity index (χ2n) is 5.69. The van der Waals surface area contributed by atoms with E-state index in [1.54, 1.807) is 10.9 Å². The Morgan fingerprint density at radius 2 is 2.32 bits per heavy atom. The molecule has 1 aromatic heterocycles. The second kappa shape index (κ2) is 5.74. The lowest BCUT2D eigenvalue weighted by atomic mass is 9.99. The summed E-state index contributed by atoms with van der Waals surface area (Å²) in [6.45, 7) is 3.47. The van der Waals surface area contributed by atoms with Crippen LogP contribution in [0.3, 0.4) is 0 Å². The summed E-state index contributed by atoms with van der Waals surface area (Å²) < 4.78 is 1.72. The number of nitrogens with zero attached hydrogens (tertiary/aromatic N) is 3. The van der Waals surface area contributed by atoms with Crippen LogP contribution in [0.25, 0.3) is 0 Å². The van der Waals surface area contributed by atoms with Crippen LogP contribution >= 0.6 is 0 Å². The van der Waals surface area contributed by atoms with Gasteiger partial charge in [-0.3, -0.25) is 9.48 Å². The maximum absolute atomic E-state index is 12.4. The molecule has 5 heteroatoms. The van der Waals surface area contributed by atoms with Gasteiger partial charge in [0.1, 0.15) is 6.54 Å². The van der Waals surface area contributed by atoms with Crippen LogP contribution in [-0.4, -0.2) is 46.3 Å². The van der Waals surface area contributed by atoms with Crippen molar-refractivity contribution in [1.29, 1.82) is 0 Å². The summed E-state index contributed by atoms with van der Waals surface area (Å²) in [5, 5.41) is 7.55. The molecule has 2 aliphatic rings. The van der Waals surface area contributed by atoms with Gasteiger partial charge in [-0.2, -0.15) is 5.10 Å². The third kappa shape index (κ3) is 3.35. The van der Waals surface area contributed by atoms with Crippen molar-refractivity contribution in [3.8, 4) is 0 Å². The maximum atomic E-state index is 12.4. The summed E-state index contributed by atoms with van der Waals surface area (Å²) in [5.74, 6) is 0.840. The van der Waals surface area contributed by atoms with Gasteiger partial charge in [0.05, 0.1) is 0 Å². The number of aromatic nitrogens is 2. The Kier molecular flexibility index (Phi) is 3.82. The third-order valence-electron chi connectivity index (χ3n) is 4.02. The molecule has 1 aromatic rings. The first-order chi connectivity index (χ1) is 9.33. The van der Waals surface area contributed by atoms with Crippen molar-refractivity contribution in [3.05, 3.63) is 18.5 Å². The quantitative estimate of drug-likeness (QED) is 0.857. The summed E-state index contributed by atoms with van der Waals surface area (Å²) in [6.07, 6.45) is 8.39. The van der Waals surface area contributed by atoms with Gasteiger partial charge in [-0.25, -0.2) is 0 Å². The lowest BCUT2D eigenvalue weighted by Gasteiger charge is -2.30. The Labute approximate surface area is 114 Å². The van der Waals surface area contributed by atoms with E-state index in [1.165, 1.54) is 25.7 Å². The van der Waals surface area contributed by atoms with Crippen molar-refractivity contribution in [2.75, 3.05) is 19.6 Å². The summed E-state index contributed by atoms with van der Waals surface area (Å²) in [7, 11) is 0. The molecular weight excluding hydrogens is 240 g/mol. The first kappa shape index (κ1) is 12.7. The van der Waals surface area contributed by atoms with Crippen molar-refractivity contribution in [3.63, 3.8) is 0 Å². The van der Waals surface area contributed by atoms with E-state index in [1.807, 2.05) is 12.3 Å². The van der Waals surface area contributed by atoms with Gasteiger partial charge in [0, 0.05) is 25.0 Å². The van der Waals surface area contributed by atoms with Crippen LogP contribution in [0.1, 0.15) is 25.7 Å². The van der Waals surface area contributed by atoms with E-state index >= 15 is 0 Å². The van der Waals surface area contributed by atoms with Crippen LogP contribution in [-0.2, 0) is 11.3 Å². The smallest absolute Gasteiger partial charge is 0.244 e. The molecule has 1 saturated heterocycles. The van der Waals surface area contributed by atoms with Crippen LogP contribution < -0.4 is 5.32 Å². The monoisotopic (exact) mass is 262 g/mol. The van der Waals surface area contributed by atoms with Crippen molar-refractivity contribution in [2.24, 2.45) is 5.92 Å². The van der Waals surface area contributed by atoms with Crippen molar-refractivity contribution in [1.82, 2.24) is 20.0 Å². The first-order valence-corrected chi connectivity index (χ1v) is 7.30. The summed E-state index contributed by atoms with van der Waals surface area (Å²) in [5.41, 5.74) is 0. The fourth-order valence-electron chi connectivity index (χ4n) is 2.82. The van der Waals surface area contributed by atoms with E-state index in [4.69, 9.17) is 0 Å². The Balaban J connectivity index is 1.58. The zero-order valence-electron chi connectivity index (χ0n) is 11.3. The average Bonchev–Trinajstić information content (AvgIpc) is 3.15. The SMILES string of the molecule is O=C(Cn1cccn1)N(CC1CCCNC1)C1CC1. The van der Waals surface area contributed by atoms with Gasteiger partial charge in [-0.1, -0.05) is 0 Å². The zero-order chi connectivity index (χ0) is 13.1. The predicted molar refractivity (Wildman–Crippen MR) is 72.6 cm³/mol. The van der Waals surface area contributed by atoms with E-state index in [9.17, 15) is 4.79 Å². The number of hydrogen-bond donors (Lipinski definition) is 1. The highest BCUT2D eigenvalue weighted by Gasteiger charge is 2.34. The lowest BCUT2D eigenvalue weighted by Crippen LogP contribution is -2.43. The number of amides is 1. The Bertz CT molecular complexity index is 407. The minimum atomic E-state index is 0.219. The van der Waals surface area contributed by atoms with Gasteiger partial charge in [-0.15, -0.1) is 0 Å². The molecule has 19 heavy (non-hydrogen) atoms. The topological polar surface area (TPSA) is 50.2 Å². The van der Waals surface area contributed by atoms with Gasteiger partial charge >= 0.3 is 0 Å². The molecule has 0 bridgehead atoms. The molecule has 1 unspecified atom stereocenters. The average molecular weight is 262 g/mol. The normalized spacial score (nSPS) is 23.3. The Morgan fingerprint density at radius 3 is 2.95 bits per heavy atom. The maximum Gasteiger partial charge on any atom is 0.244 e. The summed E-state index contributed by atoms with van der Waals surface area (Å²) >= 11 is 0. The number of piperidine rings is 1. The van der Waals surface area contributed by atoms with Crippen LogP contribution in [0.4, 0.5) is 0 Å². The molecule has 1 aliphatic heterocycles. The number of carbonyl (C=O) groups excluding carboxylic acids is 1. The molecule has 1 saturated carbocycles. The molecule has 1 N–H and O–H groups in total. The minimum Gasteiger partial charge on any atom is -0.338 e. The summed E-state index contributed by atoms with van der Waals surface area (Å²) in [6, 6.07) is 2.35. The molecule has 0 radical (unpaired) electrons. The molecule has 0 aromatic carbocycles. The van der Waals surface area contributed by atoms with Crippen molar-refractivity contribution in [2.45, 2.75) is 38.3 Å². The highest BCUT2D eigenvalue weighted by atomic mass is 16.2. The second-order valence-corrected chi connectivity index (χ2v) is 5.69. The molecule has 1 atom stereocenters. The Morgan fingerprint density at radius 1 is 1.42 bits per heavy atom. The van der Waals surface area contributed by atoms with Gasteiger partial charge in [0.15, 0.2) is 0 Å². The first-order valence-electron chi connectivity index (χ1n) is 7.30. The molecule has 2 heterocycles. The van der Waals surface area contributed by atoms with Crippen LogP contribution in [0.15, 0.2) is 18.5 Å². The molecule has 104 valence electrons.